The summed E-state index contributed by atoms with van der Waals surface area (Å²) in [6.45, 7) is 0. The van der Waals surface area contributed by atoms with Crippen LogP contribution in [0.1, 0.15) is 20.8 Å². The number of carboxylic acids is 1. The van der Waals surface area contributed by atoms with Crippen molar-refractivity contribution in [3.63, 3.8) is 0 Å². The lowest BCUT2D eigenvalue weighted by Crippen LogP contribution is -2.14. The van der Waals surface area contributed by atoms with Crippen molar-refractivity contribution in [2.45, 2.75) is 0 Å². The molecular formula is C13H9BrN2O4. The Bertz CT molecular complexity index is 688. The van der Waals surface area contributed by atoms with Crippen molar-refractivity contribution in [1.82, 2.24) is 4.98 Å². The van der Waals surface area contributed by atoms with E-state index in [0.717, 1.165) is 6.07 Å². The Hall–Kier alpha value is -2.41. The largest absolute Gasteiger partial charge is 0.507 e. The molecule has 1 aromatic carbocycles. The van der Waals surface area contributed by atoms with Crippen LogP contribution in [-0.2, 0) is 0 Å². The Balaban J connectivity index is 2.23. The lowest BCUT2D eigenvalue weighted by atomic mass is 10.2. The minimum atomic E-state index is -1.24. The van der Waals surface area contributed by atoms with E-state index in [0.29, 0.717) is 4.47 Å². The van der Waals surface area contributed by atoms with Gasteiger partial charge < -0.3 is 15.5 Å². The van der Waals surface area contributed by atoms with Gasteiger partial charge in [0.15, 0.2) is 0 Å². The summed E-state index contributed by atoms with van der Waals surface area (Å²) in [6.07, 6.45) is 1.48. The third-order valence-electron chi connectivity index (χ3n) is 2.46. The number of carbonyl (C=O) groups excluding carboxylic acids is 1. The van der Waals surface area contributed by atoms with E-state index < -0.39 is 17.6 Å². The molecule has 20 heavy (non-hydrogen) atoms. The molecule has 0 aliphatic carbocycles. The Morgan fingerprint density at radius 2 is 2.00 bits per heavy atom. The van der Waals surface area contributed by atoms with Gasteiger partial charge in [0.25, 0.3) is 5.91 Å². The Kier molecular flexibility index (Phi) is 3.99. The number of rotatable bonds is 3. The van der Waals surface area contributed by atoms with Gasteiger partial charge in [-0.15, -0.1) is 0 Å². The van der Waals surface area contributed by atoms with Gasteiger partial charge in [0.05, 0.1) is 0 Å². The third-order valence-corrected chi connectivity index (χ3v) is 3.10. The zero-order valence-electron chi connectivity index (χ0n) is 10.0. The van der Waals surface area contributed by atoms with Crippen molar-refractivity contribution in [2.24, 2.45) is 0 Å². The molecule has 0 saturated carbocycles. The number of aromatic carboxylic acids is 1. The van der Waals surface area contributed by atoms with Crippen LogP contribution < -0.4 is 5.32 Å². The molecule has 6 nitrogen and oxygen atoms in total. The standard InChI is InChI=1S/C13H9BrN2O4/c14-9-2-1-5-15-11(9)12(18)16-7-3-4-8(13(19)20)10(17)6-7/h1-6,17H,(H,16,18)(H,19,20). The van der Waals surface area contributed by atoms with Crippen molar-refractivity contribution in [3.8, 4) is 5.75 Å². The van der Waals surface area contributed by atoms with Crippen LogP contribution in [0.25, 0.3) is 0 Å². The Labute approximate surface area is 122 Å². The van der Waals surface area contributed by atoms with Crippen LogP contribution in [0.15, 0.2) is 41.0 Å². The van der Waals surface area contributed by atoms with E-state index >= 15 is 0 Å². The maximum absolute atomic E-state index is 12.0. The second-order valence-electron chi connectivity index (χ2n) is 3.83. The molecule has 0 bridgehead atoms. The number of carbonyl (C=O) groups is 2. The normalized spacial score (nSPS) is 10.1. The molecule has 0 atom stereocenters. The minimum absolute atomic E-state index is 0.189. The molecular weight excluding hydrogens is 328 g/mol. The molecule has 3 N–H and O–H groups in total. The average Bonchev–Trinajstić information content (AvgIpc) is 2.38. The molecule has 0 aliphatic heterocycles. The summed E-state index contributed by atoms with van der Waals surface area (Å²) < 4.78 is 0.531. The molecule has 1 amide bonds. The Morgan fingerprint density at radius 3 is 2.60 bits per heavy atom. The summed E-state index contributed by atoms with van der Waals surface area (Å²) in [5.41, 5.74) is 0.228. The first-order valence-electron chi connectivity index (χ1n) is 5.47. The number of nitrogens with zero attached hydrogens (tertiary/aromatic N) is 1. The topological polar surface area (TPSA) is 99.5 Å². The quantitative estimate of drug-likeness (QED) is 0.799. The van der Waals surface area contributed by atoms with E-state index in [1.54, 1.807) is 12.1 Å². The van der Waals surface area contributed by atoms with Gasteiger partial charge in [0.2, 0.25) is 0 Å². The van der Waals surface area contributed by atoms with Crippen LogP contribution in [0.5, 0.6) is 5.75 Å². The molecule has 2 rings (SSSR count). The van der Waals surface area contributed by atoms with E-state index in [1.165, 1.54) is 18.3 Å². The van der Waals surface area contributed by atoms with Gasteiger partial charge in [-0.2, -0.15) is 0 Å². The second-order valence-corrected chi connectivity index (χ2v) is 4.68. The number of amides is 1. The number of carboxylic acid groups (broad SMARTS) is 1. The van der Waals surface area contributed by atoms with Crippen LogP contribution in [0.4, 0.5) is 5.69 Å². The predicted octanol–water partition coefficient (Wildman–Crippen LogP) is 2.50. The number of halogens is 1. The van der Waals surface area contributed by atoms with Crippen molar-refractivity contribution in [1.29, 1.82) is 0 Å². The highest BCUT2D eigenvalue weighted by Crippen LogP contribution is 2.23. The molecule has 0 spiro atoms. The van der Waals surface area contributed by atoms with Crippen molar-refractivity contribution < 1.29 is 19.8 Å². The van der Waals surface area contributed by atoms with Gasteiger partial charge >= 0.3 is 5.97 Å². The molecule has 1 aromatic heterocycles. The lowest BCUT2D eigenvalue weighted by molar-refractivity contribution is 0.0693. The van der Waals surface area contributed by atoms with Gasteiger partial charge in [-0.3, -0.25) is 4.79 Å². The average molecular weight is 337 g/mol. The van der Waals surface area contributed by atoms with Gasteiger partial charge in [0, 0.05) is 22.4 Å². The number of nitrogens with one attached hydrogen (secondary N) is 1. The summed E-state index contributed by atoms with van der Waals surface area (Å²) in [5.74, 6) is -2.14. The first-order valence-corrected chi connectivity index (χ1v) is 6.26. The first kappa shape index (κ1) is 14.0. The number of hydrogen-bond donors (Lipinski definition) is 3. The molecule has 0 saturated heterocycles. The Morgan fingerprint density at radius 1 is 1.25 bits per heavy atom. The lowest BCUT2D eigenvalue weighted by Gasteiger charge is -2.07. The zero-order chi connectivity index (χ0) is 14.7. The number of aromatic hydroxyl groups is 1. The van der Waals surface area contributed by atoms with Gasteiger partial charge in [-0.05, 0) is 40.2 Å². The summed E-state index contributed by atoms with van der Waals surface area (Å²) in [5, 5.41) is 20.9. The first-order chi connectivity index (χ1) is 9.49. The zero-order valence-corrected chi connectivity index (χ0v) is 11.6. The molecule has 0 unspecified atom stereocenters. The number of pyridine rings is 1. The summed E-state index contributed by atoms with van der Waals surface area (Å²) >= 11 is 3.20. The highest BCUT2D eigenvalue weighted by molar-refractivity contribution is 9.10. The maximum Gasteiger partial charge on any atom is 0.339 e. The van der Waals surface area contributed by atoms with Crippen LogP contribution in [0, 0.1) is 0 Å². The van der Waals surface area contributed by atoms with E-state index in [-0.39, 0.29) is 16.9 Å². The summed E-state index contributed by atoms with van der Waals surface area (Å²) in [6, 6.07) is 7.11. The third kappa shape index (κ3) is 2.94. The number of anilines is 1. The van der Waals surface area contributed by atoms with E-state index in [9.17, 15) is 14.7 Å². The van der Waals surface area contributed by atoms with Crippen molar-refractivity contribution in [2.75, 3.05) is 5.32 Å². The predicted molar refractivity (Wildman–Crippen MR) is 75.0 cm³/mol. The SMILES string of the molecule is O=C(O)c1ccc(NC(=O)c2ncccc2Br)cc1O. The maximum atomic E-state index is 12.0. The van der Waals surface area contributed by atoms with Crippen molar-refractivity contribution >= 4 is 33.5 Å². The van der Waals surface area contributed by atoms with Gasteiger partial charge in [0.1, 0.15) is 17.0 Å². The molecule has 0 fully saturated rings. The van der Waals surface area contributed by atoms with Crippen LogP contribution >= 0.6 is 15.9 Å². The van der Waals surface area contributed by atoms with E-state index in [2.05, 4.69) is 26.2 Å². The fraction of sp³-hybridized carbons (Fsp3) is 0. The molecule has 0 aliphatic rings. The molecule has 0 radical (unpaired) electrons. The van der Waals surface area contributed by atoms with Crippen LogP contribution in [0.3, 0.4) is 0 Å². The van der Waals surface area contributed by atoms with Gasteiger partial charge in [-0.25, -0.2) is 9.78 Å². The van der Waals surface area contributed by atoms with E-state index in [1.807, 2.05) is 0 Å². The smallest absolute Gasteiger partial charge is 0.339 e. The summed E-state index contributed by atoms with van der Waals surface area (Å²) in [4.78, 5) is 26.6. The minimum Gasteiger partial charge on any atom is -0.507 e. The van der Waals surface area contributed by atoms with Gasteiger partial charge in [-0.1, -0.05) is 0 Å². The van der Waals surface area contributed by atoms with Crippen LogP contribution in [-0.4, -0.2) is 27.1 Å². The highest BCUT2D eigenvalue weighted by Gasteiger charge is 2.14. The molecule has 7 heteroatoms. The monoisotopic (exact) mass is 336 g/mol. The summed E-state index contributed by atoms with van der Waals surface area (Å²) in [7, 11) is 0. The number of hydrogen-bond acceptors (Lipinski definition) is 4. The van der Waals surface area contributed by atoms with E-state index in [4.69, 9.17) is 5.11 Å². The fourth-order valence-corrected chi connectivity index (χ4v) is 1.97. The fourth-order valence-electron chi connectivity index (χ4n) is 1.53. The number of benzene rings is 1. The van der Waals surface area contributed by atoms with Crippen molar-refractivity contribution in [3.05, 3.63) is 52.3 Å². The van der Waals surface area contributed by atoms with Crippen LogP contribution in [0.2, 0.25) is 0 Å². The second kappa shape index (κ2) is 5.70. The highest BCUT2D eigenvalue weighted by atomic mass is 79.9. The number of phenols is 1. The molecule has 2 aromatic rings. The molecule has 102 valence electrons. The number of aromatic nitrogens is 1. The molecule has 1 heterocycles.